The molecule has 240 valence electrons. The van der Waals surface area contributed by atoms with Crippen LogP contribution in [0.5, 0.6) is 0 Å². The molecule has 0 fully saturated rings. The van der Waals surface area contributed by atoms with Gasteiger partial charge in [-0.1, -0.05) is 153 Å². The van der Waals surface area contributed by atoms with Gasteiger partial charge >= 0.3 is 0 Å². The zero-order chi connectivity index (χ0) is 33.4. The van der Waals surface area contributed by atoms with Crippen molar-refractivity contribution in [1.82, 2.24) is 0 Å². The molecule has 1 aliphatic carbocycles. The van der Waals surface area contributed by atoms with Crippen molar-refractivity contribution in [3.63, 3.8) is 0 Å². The minimum absolute atomic E-state index is 0.00199. The summed E-state index contributed by atoms with van der Waals surface area (Å²) < 4.78 is 0. The fraction of sp³-hybridized carbons (Fsp3) is 0.125. The van der Waals surface area contributed by atoms with E-state index in [0.29, 0.717) is 0 Å². The molecule has 2 atom stereocenters. The van der Waals surface area contributed by atoms with E-state index in [1.807, 2.05) is 0 Å². The third kappa shape index (κ3) is 5.38. The highest BCUT2D eigenvalue weighted by Crippen LogP contribution is 2.40. The first-order valence-electron chi connectivity index (χ1n) is 17.9. The maximum absolute atomic E-state index is 5.36. The topological polar surface area (TPSA) is 24.7 Å². The molecule has 50 heavy (non-hydrogen) atoms. The van der Waals surface area contributed by atoms with E-state index in [2.05, 4.69) is 171 Å². The van der Waals surface area contributed by atoms with Crippen LogP contribution in [0.1, 0.15) is 53.6 Å². The number of allylic oxidation sites excluding steroid dienone is 1. The van der Waals surface area contributed by atoms with E-state index >= 15 is 0 Å². The fourth-order valence-electron chi connectivity index (χ4n) is 8.07. The van der Waals surface area contributed by atoms with Gasteiger partial charge in [-0.05, 0) is 104 Å². The predicted octanol–water partition coefficient (Wildman–Crippen LogP) is 12.3. The van der Waals surface area contributed by atoms with Gasteiger partial charge in [0.15, 0.2) is 5.84 Å². The summed E-state index contributed by atoms with van der Waals surface area (Å²) >= 11 is 0. The zero-order valence-electron chi connectivity index (χ0n) is 28.3. The minimum atomic E-state index is 0.00199. The SMILES string of the molecule is CCC1C(c2ccccc2)=NC(c2cccc(-c3cccc(-c4ccc5c(c4)c4c(c6ccccc65)C=CCC4)c3)c2)=NC1c1ccccc1. The Kier molecular flexibility index (Phi) is 7.78. The van der Waals surface area contributed by atoms with Gasteiger partial charge in [0.25, 0.3) is 0 Å². The molecule has 2 heteroatoms. The molecule has 1 aliphatic heterocycles. The van der Waals surface area contributed by atoms with Crippen molar-refractivity contribution in [3.8, 4) is 22.3 Å². The molecule has 2 aliphatic rings. The molecule has 1 heterocycles. The summed E-state index contributed by atoms with van der Waals surface area (Å²) in [6, 6.07) is 54.9. The number of benzene rings is 7. The highest BCUT2D eigenvalue weighted by molar-refractivity contribution is 6.16. The molecule has 7 aromatic rings. The van der Waals surface area contributed by atoms with Gasteiger partial charge in [-0.3, -0.25) is 4.99 Å². The minimum Gasteiger partial charge on any atom is -0.257 e. The van der Waals surface area contributed by atoms with Crippen LogP contribution in [-0.4, -0.2) is 11.5 Å². The number of hydrogen-bond acceptors (Lipinski definition) is 2. The molecule has 0 radical (unpaired) electrons. The number of nitrogens with zero attached hydrogens (tertiary/aromatic N) is 2. The van der Waals surface area contributed by atoms with Crippen molar-refractivity contribution < 1.29 is 0 Å². The molecule has 0 N–H and O–H groups in total. The Hall–Kier alpha value is -5.86. The standard InChI is InChI=1S/C48H38N2/c1-2-39-46(32-15-5-3-6-16-32)49-48(50-47(39)33-17-7-4-8-18-33)38-22-14-21-36(30-38)34-19-13-20-35(29-34)37-27-28-44-42-25-10-9-23-40(42)41-24-11-12-26-43(41)45(44)31-37/h3-11,13-25,27-31,39,46H,2,12,26H2,1H3. The van der Waals surface area contributed by atoms with Crippen molar-refractivity contribution in [1.29, 1.82) is 0 Å². The summed E-state index contributed by atoms with van der Waals surface area (Å²) in [5.41, 5.74) is 12.2. The second-order valence-electron chi connectivity index (χ2n) is 13.5. The van der Waals surface area contributed by atoms with E-state index in [1.165, 1.54) is 54.9 Å². The van der Waals surface area contributed by atoms with Gasteiger partial charge in [0.05, 0.1) is 11.8 Å². The van der Waals surface area contributed by atoms with E-state index in [4.69, 9.17) is 9.98 Å². The average Bonchev–Trinajstić information content (AvgIpc) is 3.21. The van der Waals surface area contributed by atoms with Gasteiger partial charge in [0, 0.05) is 11.5 Å². The molecule has 0 spiro atoms. The molecule has 0 aromatic heterocycles. The van der Waals surface area contributed by atoms with Crippen LogP contribution in [-0.2, 0) is 6.42 Å². The molecule has 0 bridgehead atoms. The monoisotopic (exact) mass is 642 g/mol. The molecule has 0 amide bonds. The van der Waals surface area contributed by atoms with E-state index in [-0.39, 0.29) is 12.0 Å². The number of amidine groups is 1. The van der Waals surface area contributed by atoms with Crippen LogP contribution in [0.25, 0.3) is 49.9 Å². The number of aliphatic imine (C=N–C) groups is 2. The largest absolute Gasteiger partial charge is 0.257 e. The third-order valence-corrected chi connectivity index (χ3v) is 10.5. The van der Waals surface area contributed by atoms with E-state index in [1.54, 1.807) is 0 Å². The van der Waals surface area contributed by atoms with Crippen LogP contribution in [0.4, 0.5) is 0 Å². The Labute approximate surface area is 294 Å². The van der Waals surface area contributed by atoms with Gasteiger partial charge < -0.3 is 0 Å². The lowest BCUT2D eigenvalue weighted by Gasteiger charge is -2.30. The summed E-state index contributed by atoms with van der Waals surface area (Å²) in [4.78, 5) is 10.7. The fourth-order valence-corrected chi connectivity index (χ4v) is 8.07. The van der Waals surface area contributed by atoms with E-state index in [9.17, 15) is 0 Å². The summed E-state index contributed by atoms with van der Waals surface area (Å²) in [6.07, 6.45) is 7.77. The Morgan fingerprint density at radius 1 is 0.540 bits per heavy atom. The first kappa shape index (κ1) is 30.2. The van der Waals surface area contributed by atoms with Crippen LogP contribution in [0.15, 0.2) is 168 Å². The van der Waals surface area contributed by atoms with Gasteiger partial charge in [0.2, 0.25) is 0 Å². The Morgan fingerprint density at radius 2 is 1.14 bits per heavy atom. The van der Waals surface area contributed by atoms with Gasteiger partial charge in [0.1, 0.15) is 0 Å². The highest BCUT2D eigenvalue weighted by Gasteiger charge is 2.31. The van der Waals surface area contributed by atoms with Gasteiger partial charge in [-0.15, -0.1) is 0 Å². The second-order valence-corrected chi connectivity index (χ2v) is 13.5. The van der Waals surface area contributed by atoms with Crippen LogP contribution >= 0.6 is 0 Å². The van der Waals surface area contributed by atoms with Crippen LogP contribution in [0.2, 0.25) is 0 Å². The second kappa shape index (κ2) is 12.9. The van der Waals surface area contributed by atoms with Crippen molar-refractivity contribution in [3.05, 3.63) is 186 Å². The highest BCUT2D eigenvalue weighted by atomic mass is 15.0. The summed E-state index contributed by atoms with van der Waals surface area (Å²) in [7, 11) is 0. The molecule has 2 unspecified atom stereocenters. The maximum Gasteiger partial charge on any atom is 0.155 e. The first-order valence-corrected chi connectivity index (χ1v) is 17.9. The first-order chi connectivity index (χ1) is 24.7. The van der Waals surface area contributed by atoms with Gasteiger partial charge in [-0.25, -0.2) is 4.99 Å². The van der Waals surface area contributed by atoms with Crippen LogP contribution < -0.4 is 0 Å². The number of fused-ring (bicyclic) bond motifs is 6. The molecule has 7 aromatic carbocycles. The molecule has 0 saturated carbocycles. The van der Waals surface area contributed by atoms with E-state index < -0.39 is 0 Å². The summed E-state index contributed by atoms with van der Waals surface area (Å²) in [6.45, 7) is 2.25. The maximum atomic E-state index is 5.36. The van der Waals surface area contributed by atoms with Crippen molar-refractivity contribution in [2.24, 2.45) is 15.9 Å². The smallest absolute Gasteiger partial charge is 0.155 e. The molecular formula is C48H38N2. The average molecular weight is 643 g/mol. The number of rotatable bonds is 6. The Balaban J connectivity index is 1.12. The normalized spacial score (nSPS) is 17.0. The van der Waals surface area contributed by atoms with Crippen LogP contribution in [0, 0.1) is 5.92 Å². The van der Waals surface area contributed by atoms with E-state index in [0.717, 1.165) is 47.5 Å². The quantitative estimate of drug-likeness (QED) is 0.161. The van der Waals surface area contributed by atoms with Gasteiger partial charge in [-0.2, -0.15) is 0 Å². The van der Waals surface area contributed by atoms with Crippen molar-refractivity contribution >= 4 is 39.2 Å². The lowest BCUT2D eigenvalue weighted by molar-refractivity contribution is 0.532. The Bertz CT molecular complexity index is 2470. The molecule has 9 rings (SSSR count). The van der Waals surface area contributed by atoms with Crippen molar-refractivity contribution in [2.75, 3.05) is 0 Å². The molecule has 2 nitrogen and oxygen atoms in total. The Morgan fingerprint density at radius 3 is 1.88 bits per heavy atom. The molecule has 0 saturated heterocycles. The number of aryl methyl sites for hydroxylation is 1. The zero-order valence-corrected chi connectivity index (χ0v) is 28.3. The predicted molar refractivity (Wildman–Crippen MR) is 212 cm³/mol. The molecular weight excluding hydrogens is 605 g/mol. The summed E-state index contributed by atoms with van der Waals surface area (Å²) in [5, 5.41) is 5.39. The summed E-state index contributed by atoms with van der Waals surface area (Å²) in [5.74, 6) is 0.992. The lowest BCUT2D eigenvalue weighted by atomic mass is 9.83. The van der Waals surface area contributed by atoms with Crippen molar-refractivity contribution in [2.45, 2.75) is 32.2 Å². The van der Waals surface area contributed by atoms with Crippen LogP contribution in [0.3, 0.4) is 0 Å². The lowest BCUT2D eigenvalue weighted by Crippen LogP contribution is -2.28. The third-order valence-electron chi connectivity index (χ3n) is 10.5. The number of hydrogen-bond donors (Lipinski definition) is 0.